The number of carbonyl (C=O) groups excluding carboxylic acids is 1. The van der Waals surface area contributed by atoms with E-state index in [2.05, 4.69) is 11.9 Å². The van der Waals surface area contributed by atoms with E-state index in [0.717, 1.165) is 25.9 Å². The molecule has 0 aliphatic carbocycles. The fraction of sp³-hybridized carbons (Fsp3) is 0.700. The molecule has 0 aromatic rings. The molecule has 3 nitrogen and oxygen atoms in total. The van der Waals surface area contributed by atoms with Crippen LogP contribution in [0.2, 0.25) is 0 Å². The van der Waals surface area contributed by atoms with Crippen LogP contribution in [0.1, 0.15) is 19.3 Å². The van der Waals surface area contributed by atoms with Gasteiger partial charge in [-0.3, -0.25) is 4.79 Å². The number of likely N-dealkylation sites (tertiary alicyclic amines) is 1. The van der Waals surface area contributed by atoms with Gasteiger partial charge < -0.3 is 10.2 Å². The third-order valence-corrected chi connectivity index (χ3v) is 2.44. The zero-order chi connectivity index (χ0) is 10.4. The Balaban J connectivity index is 2.16. The minimum atomic E-state index is 0.169. The Morgan fingerprint density at radius 3 is 2.50 bits per heavy atom. The molecule has 0 aromatic carbocycles. The molecule has 1 fully saturated rings. The molecule has 0 spiro atoms. The molecule has 1 amide bonds. The Morgan fingerprint density at radius 2 is 1.93 bits per heavy atom. The minimum absolute atomic E-state index is 0.169. The predicted molar refractivity (Wildman–Crippen MR) is 58.3 cm³/mol. The fourth-order valence-corrected chi connectivity index (χ4v) is 1.65. The number of nitrogens with one attached hydrogen (secondary N) is 1. The topological polar surface area (TPSA) is 32.3 Å². The lowest BCUT2D eigenvalue weighted by Crippen LogP contribution is -2.41. The van der Waals surface area contributed by atoms with Crippen molar-refractivity contribution in [1.29, 1.82) is 0 Å². The first-order valence-electron chi connectivity index (χ1n) is 5.02. The van der Waals surface area contributed by atoms with Gasteiger partial charge in [-0.15, -0.1) is 0 Å². The second kappa shape index (κ2) is 6.04. The molecule has 1 aliphatic rings. The maximum absolute atomic E-state index is 11.6. The van der Waals surface area contributed by atoms with Crippen molar-refractivity contribution >= 4 is 17.5 Å². The van der Waals surface area contributed by atoms with Crippen molar-refractivity contribution in [3.63, 3.8) is 0 Å². The first-order chi connectivity index (χ1) is 6.70. The second-order valence-corrected chi connectivity index (χ2v) is 4.10. The molecular weight excluding hydrogens is 200 g/mol. The first kappa shape index (κ1) is 11.5. The molecule has 80 valence electrons. The summed E-state index contributed by atoms with van der Waals surface area (Å²) in [5.41, 5.74) is 0. The van der Waals surface area contributed by atoms with Gasteiger partial charge in [0.1, 0.15) is 0 Å². The van der Waals surface area contributed by atoms with E-state index in [4.69, 9.17) is 11.6 Å². The van der Waals surface area contributed by atoms with E-state index in [0.29, 0.717) is 18.1 Å². The summed E-state index contributed by atoms with van der Waals surface area (Å²) in [4.78, 5) is 13.5. The highest BCUT2D eigenvalue weighted by molar-refractivity contribution is 6.29. The summed E-state index contributed by atoms with van der Waals surface area (Å²) >= 11 is 5.57. The zero-order valence-corrected chi connectivity index (χ0v) is 9.15. The van der Waals surface area contributed by atoms with Crippen LogP contribution in [0.4, 0.5) is 0 Å². The zero-order valence-electron chi connectivity index (χ0n) is 8.39. The maximum atomic E-state index is 11.6. The van der Waals surface area contributed by atoms with Crippen LogP contribution in [0.3, 0.4) is 0 Å². The minimum Gasteiger partial charge on any atom is -0.342 e. The van der Waals surface area contributed by atoms with E-state index in [1.165, 1.54) is 6.42 Å². The number of amides is 1. The largest absolute Gasteiger partial charge is 0.342 e. The number of carbonyl (C=O) groups is 1. The monoisotopic (exact) mass is 216 g/mol. The standard InChI is InChI=1S/C10H17ClN2O/c1-9(11)7-12-8-10(14)13-5-3-2-4-6-13/h12H,1-8H2. The van der Waals surface area contributed by atoms with Gasteiger partial charge in [0, 0.05) is 24.7 Å². The quantitative estimate of drug-likeness (QED) is 0.770. The molecular formula is C10H17ClN2O. The summed E-state index contributed by atoms with van der Waals surface area (Å²) in [6.07, 6.45) is 3.51. The number of nitrogens with zero attached hydrogens (tertiary/aromatic N) is 1. The van der Waals surface area contributed by atoms with Crippen molar-refractivity contribution < 1.29 is 4.79 Å². The third kappa shape index (κ3) is 4.11. The van der Waals surface area contributed by atoms with Crippen LogP contribution in [-0.4, -0.2) is 37.0 Å². The number of hydrogen-bond donors (Lipinski definition) is 1. The number of piperidine rings is 1. The highest BCUT2D eigenvalue weighted by Gasteiger charge is 2.15. The van der Waals surface area contributed by atoms with Crippen molar-refractivity contribution in [1.82, 2.24) is 10.2 Å². The van der Waals surface area contributed by atoms with Crippen molar-refractivity contribution in [3.05, 3.63) is 11.6 Å². The average molecular weight is 217 g/mol. The third-order valence-electron chi connectivity index (χ3n) is 2.30. The lowest BCUT2D eigenvalue weighted by Gasteiger charge is -2.26. The summed E-state index contributed by atoms with van der Waals surface area (Å²) in [6, 6.07) is 0. The number of rotatable bonds is 4. The molecule has 14 heavy (non-hydrogen) atoms. The second-order valence-electron chi connectivity index (χ2n) is 3.56. The lowest BCUT2D eigenvalue weighted by molar-refractivity contribution is -0.131. The summed E-state index contributed by atoms with van der Waals surface area (Å²) < 4.78 is 0. The van der Waals surface area contributed by atoms with Crippen LogP contribution < -0.4 is 5.32 Å². The van der Waals surface area contributed by atoms with Crippen molar-refractivity contribution in [3.8, 4) is 0 Å². The molecule has 0 saturated carbocycles. The normalized spacial score (nSPS) is 16.8. The molecule has 1 rings (SSSR count). The van der Waals surface area contributed by atoms with E-state index >= 15 is 0 Å². The Bertz CT molecular complexity index is 212. The van der Waals surface area contributed by atoms with Gasteiger partial charge in [-0.2, -0.15) is 0 Å². The van der Waals surface area contributed by atoms with Gasteiger partial charge >= 0.3 is 0 Å². The molecule has 1 N–H and O–H groups in total. The molecule has 0 radical (unpaired) electrons. The predicted octanol–water partition coefficient (Wildman–Crippen LogP) is 1.34. The number of hydrogen-bond acceptors (Lipinski definition) is 2. The summed E-state index contributed by atoms with van der Waals surface area (Å²) in [7, 11) is 0. The molecule has 1 heterocycles. The van der Waals surface area contributed by atoms with Gasteiger partial charge in [0.25, 0.3) is 0 Å². The van der Waals surface area contributed by atoms with Crippen molar-refractivity contribution in [2.24, 2.45) is 0 Å². The molecule has 1 aliphatic heterocycles. The van der Waals surface area contributed by atoms with Crippen molar-refractivity contribution in [2.75, 3.05) is 26.2 Å². The molecule has 0 atom stereocenters. The molecule has 0 aromatic heterocycles. The van der Waals surface area contributed by atoms with E-state index in [1.807, 2.05) is 4.90 Å². The smallest absolute Gasteiger partial charge is 0.236 e. The van der Waals surface area contributed by atoms with Crippen LogP contribution in [0, 0.1) is 0 Å². The Hall–Kier alpha value is -0.540. The van der Waals surface area contributed by atoms with E-state index in [9.17, 15) is 4.79 Å². The van der Waals surface area contributed by atoms with Gasteiger partial charge in [-0.05, 0) is 19.3 Å². The Morgan fingerprint density at radius 1 is 1.29 bits per heavy atom. The lowest BCUT2D eigenvalue weighted by atomic mass is 10.1. The van der Waals surface area contributed by atoms with E-state index in [-0.39, 0.29) is 5.91 Å². The van der Waals surface area contributed by atoms with Gasteiger partial charge in [0.05, 0.1) is 6.54 Å². The van der Waals surface area contributed by atoms with E-state index < -0.39 is 0 Å². The first-order valence-corrected chi connectivity index (χ1v) is 5.39. The van der Waals surface area contributed by atoms with Crippen LogP contribution in [0.25, 0.3) is 0 Å². The van der Waals surface area contributed by atoms with Crippen LogP contribution >= 0.6 is 11.6 Å². The SMILES string of the molecule is C=C(Cl)CNCC(=O)N1CCCCC1. The van der Waals surface area contributed by atoms with E-state index in [1.54, 1.807) is 0 Å². The van der Waals surface area contributed by atoms with Crippen molar-refractivity contribution in [2.45, 2.75) is 19.3 Å². The fourth-order valence-electron chi connectivity index (χ4n) is 1.56. The van der Waals surface area contributed by atoms with Crippen LogP contribution in [-0.2, 0) is 4.79 Å². The van der Waals surface area contributed by atoms with Crippen LogP contribution in [0.15, 0.2) is 11.6 Å². The Kier molecular flexibility index (Phi) is 4.98. The average Bonchev–Trinajstić information content (AvgIpc) is 2.18. The molecule has 4 heteroatoms. The summed E-state index contributed by atoms with van der Waals surface area (Å²) in [5.74, 6) is 0.169. The molecule has 1 saturated heterocycles. The van der Waals surface area contributed by atoms with Gasteiger partial charge in [-0.1, -0.05) is 18.2 Å². The van der Waals surface area contributed by atoms with Gasteiger partial charge in [-0.25, -0.2) is 0 Å². The highest BCUT2D eigenvalue weighted by Crippen LogP contribution is 2.08. The highest BCUT2D eigenvalue weighted by atomic mass is 35.5. The summed E-state index contributed by atoms with van der Waals surface area (Å²) in [5, 5.41) is 3.50. The maximum Gasteiger partial charge on any atom is 0.236 e. The molecule has 0 bridgehead atoms. The summed E-state index contributed by atoms with van der Waals surface area (Å²) in [6.45, 7) is 6.22. The van der Waals surface area contributed by atoms with Crippen LogP contribution in [0.5, 0.6) is 0 Å². The molecule has 0 unspecified atom stereocenters. The Labute approximate surface area is 90.1 Å². The van der Waals surface area contributed by atoms with Gasteiger partial charge in [0.15, 0.2) is 0 Å². The van der Waals surface area contributed by atoms with Gasteiger partial charge in [0.2, 0.25) is 5.91 Å². The number of halogens is 1.